The summed E-state index contributed by atoms with van der Waals surface area (Å²) in [5.74, 6) is 3.42. The van der Waals surface area contributed by atoms with Crippen molar-refractivity contribution in [3.05, 3.63) is 83.8 Å². The van der Waals surface area contributed by atoms with Crippen molar-refractivity contribution >= 4 is 55.6 Å². The second kappa shape index (κ2) is 5.61. The third kappa shape index (κ3) is 2.07. The Hall–Kier alpha value is -4.32. The number of rotatable bonds is 0. The van der Waals surface area contributed by atoms with Crippen molar-refractivity contribution in [2.45, 2.75) is 0 Å². The first-order valence-electron chi connectivity index (χ1n) is 9.88. The van der Waals surface area contributed by atoms with Crippen molar-refractivity contribution in [2.75, 3.05) is 5.32 Å². The number of hydrogen-bond acceptors (Lipinski definition) is 3. The molecule has 7 rings (SSSR count). The molecule has 0 saturated heterocycles. The third-order valence-electron chi connectivity index (χ3n) is 5.76. The molecule has 0 atom stereocenters. The van der Waals surface area contributed by atoms with Gasteiger partial charge in [0.25, 0.3) is 0 Å². The topological polar surface area (TPSA) is 84.1 Å². The Morgan fingerprint density at radius 3 is 1.30 bits per heavy atom. The number of fused-ring (bicyclic) bond motifs is 15. The second-order valence-electron chi connectivity index (χ2n) is 7.50. The summed E-state index contributed by atoms with van der Waals surface area (Å²) in [7, 11) is 0. The molecule has 0 radical (unpaired) electrons. The zero-order valence-corrected chi connectivity index (χ0v) is 15.8. The van der Waals surface area contributed by atoms with Gasteiger partial charge in [0.05, 0.1) is 0 Å². The highest BCUT2D eigenvalue weighted by Gasteiger charge is 2.15. The van der Waals surface area contributed by atoms with Gasteiger partial charge in [-0.1, -0.05) is 72.8 Å². The van der Waals surface area contributed by atoms with E-state index in [1.54, 1.807) is 0 Å². The molecule has 3 aromatic carbocycles. The van der Waals surface area contributed by atoms with Crippen LogP contribution in [0, 0.1) is 0 Å². The van der Waals surface area contributed by atoms with Crippen molar-refractivity contribution in [1.29, 1.82) is 0 Å². The highest BCUT2D eigenvalue weighted by Crippen LogP contribution is 2.37. The van der Waals surface area contributed by atoms with Crippen LogP contribution in [0.5, 0.6) is 0 Å². The smallest absolute Gasteiger partial charge is 0.142 e. The van der Waals surface area contributed by atoms with Gasteiger partial charge in [-0.15, -0.1) is 0 Å². The monoisotopic (exact) mass is 388 g/mol. The summed E-state index contributed by atoms with van der Waals surface area (Å²) in [6, 6.07) is 24.7. The van der Waals surface area contributed by atoms with Crippen molar-refractivity contribution in [3.63, 3.8) is 0 Å². The summed E-state index contributed by atoms with van der Waals surface area (Å²) in [6.07, 6.45) is 0. The Labute approximate surface area is 170 Å². The van der Waals surface area contributed by atoms with E-state index in [1.165, 1.54) is 0 Å². The summed E-state index contributed by atoms with van der Waals surface area (Å²) in [5.41, 5.74) is 1.58. The van der Waals surface area contributed by atoms with Crippen LogP contribution in [0.15, 0.2) is 82.8 Å². The van der Waals surface area contributed by atoms with E-state index in [4.69, 9.17) is 9.98 Å². The molecular weight excluding hydrogens is 372 g/mol. The van der Waals surface area contributed by atoms with Crippen molar-refractivity contribution < 1.29 is 0 Å². The first kappa shape index (κ1) is 15.6. The number of hydrogen-bond donors (Lipinski definition) is 4. The molecule has 30 heavy (non-hydrogen) atoms. The SMILES string of the molecule is c1ccc2c3[nH]c(c2c1)N=c1[nH]c(c2ccccc12)=Nc1[nH]c(c2ccccc12)N3. The first-order valence-corrected chi connectivity index (χ1v) is 9.88. The lowest BCUT2D eigenvalue weighted by Crippen LogP contribution is -2.10. The van der Waals surface area contributed by atoms with Gasteiger partial charge < -0.3 is 20.3 Å². The maximum atomic E-state index is 4.96. The van der Waals surface area contributed by atoms with Gasteiger partial charge in [-0.3, -0.25) is 0 Å². The van der Waals surface area contributed by atoms with E-state index in [-0.39, 0.29) is 0 Å². The lowest BCUT2D eigenvalue weighted by molar-refractivity contribution is 1.10. The van der Waals surface area contributed by atoms with E-state index in [9.17, 15) is 0 Å². The number of nitrogens with one attached hydrogen (secondary N) is 4. The van der Waals surface area contributed by atoms with Crippen molar-refractivity contribution in [3.8, 4) is 0 Å². The van der Waals surface area contributed by atoms with Gasteiger partial charge in [0.15, 0.2) is 0 Å². The van der Waals surface area contributed by atoms with Crippen molar-refractivity contribution in [2.24, 2.45) is 9.98 Å². The van der Waals surface area contributed by atoms with E-state index < -0.39 is 0 Å². The summed E-state index contributed by atoms with van der Waals surface area (Å²) in [4.78, 5) is 20.3. The fourth-order valence-corrected chi connectivity index (χ4v) is 4.36. The quantitative estimate of drug-likeness (QED) is 0.287. The average Bonchev–Trinajstić information content (AvgIpc) is 3.43. The van der Waals surface area contributed by atoms with Gasteiger partial charge in [0, 0.05) is 32.3 Å². The Bertz CT molecular complexity index is 1600. The van der Waals surface area contributed by atoms with E-state index >= 15 is 0 Å². The molecule has 0 saturated carbocycles. The molecule has 142 valence electrons. The van der Waals surface area contributed by atoms with E-state index in [2.05, 4.69) is 56.7 Å². The number of aromatic amines is 3. The first-order chi connectivity index (χ1) is 14.8. The molecule has 3 aromatic heterocycles. The molecule has 1 aliphatic rings. The molecule has 4 N–H and O–H groups in total. The van der Waals surface area contributed by atoms with Crippen molar-refractivity contribution in [1.82, 2.24) is 15.0 Å². The highest BCUT2D eigenvalue weighted by atomic mass is 15.1. The van der Waals surface area contributed by atoms with Crippen LogP contribution in [0.2, 0.25) is 0 Å². The molecule has 6 heteroatoms. The van der Waals surface area contributed by atoms with E-state index in [1.807, 2.05) is 36.4 Å². The summed E-state index contributed by atoms with van der Waals surface area (Å²) >= 11 is 0. The molecule has 4 heterocycles. The lowest BCUT2D eigenvalue weighted by Gasteiger charge is -2.03. The number of benzene rings is 3. The van der Waals surface area contributed by atoms with Crippen LogP contribution in [-0.4, -0.2) is 15.0 Å². The zero-order chi connectivity index (χ0) is 19.7. The second-order valence-corrected chi connectivity index (χ2v) is 7.50. The molecule has 6 nitrogen and oxygen atoms in total. The van der Waals surface area contributed by atoms with Crippen LogP contribution in [0.4, 0.5) is 23.3 Å². The zero-order valence-electron chi connectivity index (χ0n) is 15.8. The molecule has 6 aromatic rings. The Balaban J connectivity index is 1.72. The number of H-pyrrole nitrogens is 3. The molecule has 6 bridgehead atoms. The predicted octanol–water partition coefficient (Wildman–Crippen LogP) is 5.09. The maximum absolute atomic E-state index is 4.96. The third-order valence-corrected chi connectivity index (χ3v) is 5.76. The number of aromatic nitrogens is 3. The fraction of sp³-hybridized carbons (Fsp3) is 0. The normalized spacial score (nSPS) is 12.8. The molecule has 0 spiro atoms. The maximum Gasteiger partial charge on any atom is 0.142 e. The summed E-state index contributed by atoms with van der Waals surface area (Å²) in [5, 5.41) is 9.93. The van der Waals surface area contributed by atoms with Gasteiger partial charge in [0.2, 0.25) is 0 Å². The minimum absolute atomic E-state index is 0.791. The fourth-order valence-electron chi connectivity index (χ4n) is 4.36. The Morgan fingerprint density at radius 1 is 0.433 bits per heavy atom. The molecule has 0 amide bonds. The molecule has 0 fully saturated rings. The van der Waals surface area contributed by atoms with Crippen LogP contribution < -0.4 is 16.3 Å². The number of nitrogens with zero attached hydrogens (tertiary/aromatic N) is 2. The van der Waals surface area contributed by atoms with Gasteiger partial charge in [-0.25, -0.2) is 9.98 Å². The minimum atomic E-state index is 0.791. The molecule has 0 unspecified atom stereocenters. The van der Waals surface area contributed by atoms with Crippen LogP contribution >= 0.6 is 0 Å². The largest absolute Gasteiger partial charge is 0.327 e. The summed E-state index contributed by atoms with van der Waals surface area (Å²) < 4.78 is 0. The van der Waals surface area contributed by atoms with E-state index in [0.717, 1.165) is 66.6 Å². The number of anilines is 2. The molecule has 0 aliphatic carbocycles. The Kier molecular flexibility index (Phi) is 2.91. The van der Waals surface area contributed by atoms with Gasteiger partial charge in [-0.05, 0) is 0 Å². The lowest BCUT2D eigenvalue weighted by atomic mass is 10.2. The molecular formula is C24H16N6. The van der Waals surface area contributed by atoms with Gasteiger partial charge in [-0.2, -0.15) is 0 Å². The highest BCUT2D eigenvalue weighted by molar-refractivity contribution is 6.06. The molecule has 1 aliphatic heterocycles. The van der Waals surface area contributed by atoms with Crippen LogP contribution in [0.25, 0.3) is 32.3 Å². The Morgan fingerprint density at radius 2 is 0.833 bits per heavy atom. The van der Waals surface area contributed by atoms with E-state index in [0.29, 0.717) is 0 Å². The van der Waals surface area contributed by atoms with Crippen LogP contribution in [0.1, 0.15) is 0 Å². The predicted molar refractivity (Wildman–Crippen MR) is 120 cm³/mol. The average molecular weight is 388 g/mol. The van der Waals surface area contributed by atoms with Crippen LogP contribution in [0.3, 0.4) is 0 Å². The van der Waals surface area contributed by atoms with Gasteiger partial charge >= 0.3 is 0 Å². The van der Waals surface area contributed by atoms with Crippen LogP contribution in [-0.2, 0) is 0 Å². The standard InChI is InChI=1S/C24H16N6/c1-2-8-14-13(7-1)19-25-20(14)29-22-17-11-5-6-12-18(17)24(27-22)30-23-16-10-4-3-9-15(16)21(26-23)28-19/h1-12,25-26,28H,(H,27,29,30). The van der Waals surface area contributed by atoms with Gasteiger partial charge in [0.1, 0.15) is 34.2 Å². The minimum Gasteiger partial charge on any atom is -0.327 e. The summed E-state index contributed by atoms with van der Waals surface area (Å²) in [6.45, 7) is 0.